The van der Waals surface area contributed by atoms with Gasteiger partial charge < -0.3 is 9.47 Å². The first-order valence-corrected chi connectivity index (χ1v) is 10.8. The summed E-state index contributed by atoms with van der Waals surface area (Å²) >= 11 is 3.22. The summed E-state index contributed by atoms with van der Waals surface area (Å²) in [6.07, 6.45) is -4.93. The second kappa shape index (κ2) is 10.5. The smallest absolute Gasteiger partial charge is 0.461 e. The molecule has 14 heteroatoms. The number of alkyl halides is 5. The Kier molecular flexibility index (Phi) is 7.86. The first-order valence-electron chi connectivity index (χ1n) is 10.0. The van der Waals surface area contributed by atoms with E-state index in [4.69, 9.17) is 0 Å². The predicted octanol–water partition coefficient (Wildman–Crippen LogP) is 4.94. The fourth-order valence-corrected chi connectivity index (χ4v) is 3.39. The van der Waals surface area contributed by atoms with Crippen molar-refractivity contribution in [1.29, 1.82) is 0 Å². The van der Waals surface area contributed by atoms with Crippen LogP contribution in [0.15, 0.2) is 53.1 Å². The number of hydrogen-bond acceptors (Lipinski definition) is 7. The molecule has 8 nitrogen and oxygen atoms in total. The minimum Gasteiger partial charge on any atom is -0.461 e. The highest BCUT2D eigenvalue weighted by molar-refractivity contribution is 9.10. The number of ketones is 2. The summed E-state index contributed by atoms with van der Waals surface area (Å²) in [6.45, 7) is 0.898. The maximum absolute atomic E-state index is 14.0. The summed E-state index contributed by atoms with van der Waals surface area (Å²) in [7, 11) is 0. The first-order chi connectivity index (χ1) is 16.8. The lowest BCUT2D eigenvalue weighted by Gasteiger charge is -2.15. The molecule has 2 aromatic carbocycles. The van der Waals surface area contributed by atoms with Crippen molar-refractivity contribution >= 4 is 33.5 Å². The van der Waals surface area contributed by atoms with Crippen LogP contribution < -0.4 is 4.74 Å². The van der Waals surface area contributed by atoms with Crippen LogP contribution in [0.25, 0.3) is 16.9 Å². The molecule has 0 aliphatic carbocycles. The zero-order chi connectivity index (χ0) is 26.7. The SMILES string of the molecule is CCOC(=O)C(F)(F)C(=O)CC(=O)c1ccc(Br)cc1-n1nncc1-c1ccc(OC(F)(F)F)cc1. The number of Topliss-reactive ketones (excluding diaryl/α,β-unsaturated/α-hetero) is 2. The van der Waals surface area contributed by atoms with Gasteiger partial charge >= 0.3 is 18.3 Å². The Morgan fingerprint density at radius 3 is 2.31 bits per heavy atom. The molecule has 190 valence electrons. The lowest BCUT2D eigenvalue weighted by atomic mass is 10.0. The average Bonchev–Trinajstić information content (AvgIpc) is 3.28. The molecule has 1 aromatic heterocycles. The maximum atomic E-state index is 14.0. The predicted molar refractivity (Wildman–Crippen MR) is 117 cm³/mol. The van der Waals surface area contributed by atoms with Crippen LogP contribution in [0.1, 0.15) is 23.7 Å². The van der Waals surface area contributed by atoms with E-state index >= 15 is 0 Å². The Morgan fingerprint density at radius 2 is 1.69 bits per heavy atom. The minimum atomic E-state index is -4.88. The van der Waals surface area contributed by atoms with Crippen LogP contribution in [-0.4, -0.2) is 51.4 Å². The van der Waals surface area contributed by atoms with Gasteiger partial charge in [-0.2, -0.15) is 8.78 Å². The molecule has 0 spiro atoms. The molecule has 0 aliphatic heterocycles. The van der Waals surface area contributed by atoms with Crippen molar-refractivity contribution < 1.29 is 45.8 Å². The molecule has 0 unspecified atom stereocenters. The summed E-state index contributed by atoms with van der Waals surface area (Å²) in [5, 5.41) is 7.64. The first kappa shape index (κ1) is 26.9. The summed E-state index contributed by atoms with van der Waals surface area (Å²) in [5.74, 6) is -10.0. The van der Waals surface area contributed by atoms with E-state index in [9.17, 15) is 36.3 Å². The van der Waals surface area contributed by atoms with Crippen LogP contribution in [0.3, 0.4) is 0 Å². The zero-order valence-corrected chi connectivity index (χ0v) is 19.8. The van der Waals surface area contributed by atoms with E-state index in [-0.39, 0.29) is 23.6 Å². The average molecular weight is 576 g/mol. The number of aromatic nitrogens is 3. The van der Waals surface area contributed by atoms with Crippen LogP contribution >= 0.6 is 15.9 Å². The largest absolute Gasteiger partial charge is 0.573 e. The van der Waals surface area contributed by atoms with E-state index in [0.29, 0.717) is 10.0 Å². The molecular weight excluding hydrogens is 561 g/mol. The van der Waals surface area contributed by atoms with Crippen molar-refractivity contribution in [2.24, 2.45) is 0 Å². The number of carbonyl (C=O) groups is 3. The van der Waals surface area contributed by atoms with E-state index in [1.165, 1.54) is 43.5 Å². The van der Waals surface area contributed by atoms with E-state index in [0.717, 1.165) is 16.8 Å². The van der Waals surface area contributed by atoms with Crippen LogP contribution in [0.5, 0.6) is 5.75 Å². The number of esters is 1. The fraction of sp³-hybridized carbons (Fsp3) is 0.227. The number of rotatable bonds is 9. The van der Waals surface area contributed by atoms with Gasteiger partial charge in [-0.3, -0.25) is 9.59 Å². The Labute approximate surface area is 208 Å². The number of ether oxygens (including phenoxy) is 2. The normalized spacial score (nSPS) is 11.8. The monoisotopic (exact) mass is 575 g/mol. The number of benzene rings is 2. The van der Waals surface area contributed by atoms with Crippen molar-refractivity contribution in [3.05, 3.63) is 58.7 Å². The summed E-state index contributed by atoms with van der Waals surface area (Å²) in [6, 6.07) is 8.78. The standard InChI is InChI=1S/C22H15BrF5N3O5/c1-2-35-20(34)21(24,25)19(33)10-18(32)15-8-5-13(23)9-16(15)31-17(11-29-30-31)12-3-6-14(7-4-12)36-22(26,27)28/h3-9,11H,2,10H2,1H3. The zero-order valence-electron chi connectivity index (χ0n) is 18.2. The van der Waals surface area contributed by atoms with Crippen LogP contribution in [0.2, 0.25) is 0 Å². The number of carbonyl (C=O) groups excluding carboxylic acids is 3. The molecule has 0 aliphatic rings. The molecule has 36 heavy (non-hydrogen) atoms. The Hall–Kier alpha value is -3.68. The maximum Gasteiger partial charge on any atom is 0.573 e. The second-order valence-corrected chi connectivity index (χ2v) is 8.00. The molecule has 0 saturated heterocycles. The van der Waals surface area contributed by atoms with Gasteiger partial charge in [0.25, 0.3) is 0 Å². The lowest BCUT2D eigenvalue weighted by Crippen LogP contribution is -2.40. The van der Waals surface area contributed by atoms with Gasteiger partial charge in [0, 0.05) is 15.6 Å². The third kappa shape index (κ3) is 6.11. The van der Waals surface area contributed by atoms with Gasteiger partial charge in [0.05, 0.1) is 30.6 Å². The Morgan fingerprint density at radius 1 is 1.03 bits per heavy atom. The Balaban J connectivity index is 1.94. The quantitative estimate of drug-likeness (QED) is 0.154. The van der Waals surface area contributed by atoms with E-state index in [2.05, 4.69) is 35.7 Å². The molecule has 3 rings (SSSR count). The molecule has 3 aromatic rings. The fourth-order valence-electron chi connectivity index (χ4n) is 3.04. The molecule has 0 N–H and O–H groups in total. The molecule has 0 atom stereocenters. The van der Waals surface area contributed by atoms with Crippen molar-refractivity contribution in [1.82, 2.24) is 15.0 Å². The highest BCUT2D eigenvalue weighted by Crippen LogP contribution is 2.30. The molecule has 1 heterocycles. The van der Waals surface area contributed by atoms with Gasteiger partial charge in [-0.1, -0.05) is 21.1 Å². The van der Waals surface area contributed by atoms with E-state index in [1.807, 2.05) is 0 Å². The summed E-state index contributed by atoms with van der Waals surface area (Å²) < 4.78 is 75.0. The van der Waals surface area contributed by atoms with Crippen molar-refractivity contribution in [2.45, 2.75) is 25.6 Å². The van der Waals surface area contributed by atoms with Crippen LogP contribution in [0, 0.1) is 0 Å². The van der Waals surface area contributed by atoms with Gasteiger partial charge in [-0.25, -0.2) is 9.48 Å². The molecular formula is C22H15BrF5N3O5. The molecule has 0 fully saturated rings. The van der Waals surface area contributed by atoms with E-state index < -0.39 is 42.0 Å². The molecule has 0 amide bonds. The lowest BCUT2D eigenvalue weighted by molar-refractivity contribution is -0.274. The minimum absolute atomic E-state index is 0.0322. The molecule has 0 bridgehead atoms. The van der Waals surface area contributed by atoms with Crippen LogP contribution in [-0.2, 0) is 14.3 Å². The Bertz CT molecular complexity index is 1290. The highest BCUT2D eigenvalue weighted by Gasteiger charge is 2.49. The van der Waals surface area contributed by atoms with Gasteiger partial charge in [0.1, 0.15) is 5.75 Å². The highest BCUT2D eigenvalue weighted by atomic mass is 79.9. The van der Waals surface area contributed by atoms with Crippen LogP contribution in [0.4, 0.5) is 22.0 Å². The second-order valence-electron chi connectivity index (χ2n) is 7.08. The van der Waals surface area contributed by atoms with Crippen molar-refractivity contribution in [3.8, 4) is 22.7 Å². The van der Waals surface area contributed by atoms with Gasteiger partial charge in [-0.05, 0) is 49.4 Å². The molecule has 0 radical (unpaired) electrons. The number of hydrogen-bond donors (Lipinski definition) is 0. The van der Waals surface area contributed by atoms with Crippen molar-refractivity contribution in [3.63, 3.8) is 0 Å². The third-order valence-corrected chi connectivity index (χ3v) is 5.12. The summed E-state index contributed by atoms with van der Waals surface area (Å²) in [5.41, 5.74) is 0.390. The molecule has 0 saturated carbocycles. The number of nitrogens with zero attached hydrogens (tertiary/aromatic N) is 3. The van der Waals surface area contributed by atoms with Gasteiger partial charge in [-0.15, -0.1) is 18.3 Å². The third-order valence-electron chi connectivity index (χ3n) is 4.62. The topological polar surface area (TPSA) is 100 Å². The van der Waals surface area contributed by atoms with Crippen molar-refractivity contribution in [2.75, 3.05) is 6.61 Å². The van der Waals surface area contributed by atoms with Gasteiger partial charge in [0.2, 0.25) is 5.78 Å². The van der Waals surface area contributed by atoms with E-state index in [1.54, 1.807) is 0 Å². The van der Waals surface area contributed by atoms with Gasteiger partial charge in [0.15, 0.2) is 5.78 Å². The summed E-state index contributed by atoms with van der Waals surface area (Å²) in [4.78, 5) is 36.3. The number of halogens is 6.